The number of benzene rings is 2. The van der Waals surface area contributed by atoms with Crippen molar-refractivity contribution in [2.24, 2.45) is 0 Å². The lowest BCUT2D eigenvalue weighted by molar-refractivity contribution is 0.474. The smallest absolute Gasteiger partial charge is 0.164 e. The van der Waals surface area contributed by atoms with Gasteiger partial charge in [-0.2, -0.15) is 0 Å². The molecule has 0 amide bonds. The molecule has 0 spiro atoms. The Morgan fingerprint density at radius 1 is 0.788 bits per heavy atom. The average molecular weight is 467 g/mol. The number of thiophene rings is 1. The first-order valence-electron chi connectivity index (χ1n) is 10.9. The number of rotatable bonds is 8. The van der Waals surface area contributed by atoms with Gasteiger partial charge in [0.15, 0.2) is 5.82 Å². The van der Waals surface area contributed by atoms with Gasteiger partial charge in [-0.1, -0.05) is 26.2 Å². The lowest BCUT2D eigenvalue weighted by Crippen LogP contribution is -1.98. The van der Waals surface area contributed by atoms with Crippen molar-refractivity contribution in [3.63, 3.8) is 0 Å². The molecule has 7 heteroatoms. The van der Waals surface area contributed by atoms with E-state index in [4.69, 9.17) is 0 Å². The summed E-state index contributed by atoms with van der Waals surface area (Å²) in [5.41, 5.74) is 2.30. The number of unbranched alkanes of at least 4 members (excludes halogenated alkanes) is 3. The topological polar surface area (TPSA) is 66.2 Å². The third kappa shape index (κ3) is 5.20. The lowest BCUT2D eigenvalue weighted by atomic mass is 10.0. The Balaban J connectivity index is 1.85. The van der Waals surface area contributed by atoms with Crippen LogP contribution in [-0.2, 0) is 6.42 Å². The molecule has 4 aromatic rings. The number of aromatic nitrogens is 2. The molecule has 0 saturated heterocycles. The van der Waals surface area contributed by atoms with E-state index in [0.717, 1.165) is 54.3 Å². The Hall–Kier alpha value is -3.32. The van der Waals surface area contributed by atoms with Gasteiger partial charge in [0.1, 0.15) is 23.1 Å². The van der Waals surface area contributed by atoms with Crippen LogP contribution < -0.4 is 0 Å². The fraction of sp³-hybridized carbons (Fsp3) is 0.231. The highest BCUT2D eigenvalue weighted by atomic mass is 32.1. The molecule has 0 radical (unpaired) electrons. The largest absolute Gasteiger partial charge is 0.507 e. The van der Waals surface area contributed by atoms with Crippen LogP contribution in [0.15, 0.2) is 53.9 Å². The van der Waals surface area contributed by atoms with E-state index in [-0.39, 0.29) is 34.1 Å². The zero-order valence-electron chi connectivity index (χ0n) is 18.2. The second-order valence-electron chi connectivity index (χ2n) is 7.87. The van der Waals surface area contributed by atoms with Crippen molar-refractivity contribution in [3.8, 4) is 44.7 Å². The van der Waals surface area contributed by atoms with Crippen molar-refractivity contribution in [3.05, 3.63) is 71.1 Å². The zero-order valence-corrected chi connectivity index (χ0v) is 19.0. The van der Waals surface area contributed by atoms with Crippen LogP contribution >= 0.6 is 11.3 Å². The van der Waals surface area contributed by atoms with Crippen molar-refractivity contribution >= 4 is 11.3 Å². The number of hydrogen-bond acceptors (Lipinski definition) is 5. The summed E-state index contributed by atoms with van der Waals surface area (Å²) in [7, 11) is 0. The molecule has 0 aliphatic heterocycles. The Labute approximate surface area is 195 Å². The van der Waals surface area contributed by atoms with Crippen LogP contribution in [0.5, 0.6) is 11.5 Å². The highest BCUT2D eigenvalue weighted by Gasteiger charge is 2.18. The number of aromatic hydroxyl groups is 2. The van der Waals surface area contributed by atoms with E-state index >= 15 is 0 Å². The van der Waals surface area contributed by atoms with Crippen LogP contribution in [0.2, 0.25) is 0 Å². The monoisotopic (exact) mass is 466 g/mol. The summed E-state index contributed by atoms with van der Waals surface area (Å²) in [6.07, 6.45) is 5.42. The quantitative estimate of drug-likeness (QED) is 0.266. The van der Waals surface area contributed by atoms with E-state index in [9.17, 15) is 19.0 Å². The summed E-state index contributed by atoms with van der Waals surface area (Å²) in [5.74, 6) is -1.28. The predicted molar refractivity (Wildman–Crippen MR) is 127 cm³/mol. The molecule has 0 bridgehead atoms. The molecule has 0 fully saturated rings. The number of nitrogens with zero attached hydrogens (tertiary/aromatic N) is 2. The average Bonchev–Trinajstić information content (AvgIpc) is 3.28. The van der Waals surface area contributed by atoms with Gasteiger partial charge in [-0.25, -0.2) is 18.7 Å². The minimum Gasteiger partial charge on any atom is -0.507 e. The van der Waals surface area contributed by atoms with Gasteiger partial charge in [0.2, 0.25) is 0 Å². The van der Waals surface area contributed by atoms with Crippen LogP contribution in [0.3, 0.4) is 0 Å². The van der Waals surface area contributed by atoms with Crippen molar-refractivity contribution in [1.82, 2.24) is 9.97 Å². The second-order valence-corrected chi connectivity index (χ2v) is 8.79. The molecule has 4 rings (SSSR count). The van der Waals surface area contributed by atoms with E-state index in [0.29, 0.717) is 5.69 Å². The first-order chi connectivity index (χ1) is 16.0. The first-order valence-corrected chi connectivity index (χ1v) is 11.8. The van der Waals surface area contributed by atoms with Crippen molar-refractivity contribution in [1.29, 1.82) is 0 Å². The Bertz CT molecular complexity index is 1200. The molecular formula is C26H24F2N2O2S. The third-order valence-corrected chi connectivity index (χ3v) is 6.42. The van der Waals surface area contributed by atoms with E-state index in [1.165, 1.54) is 36.0 Å². The van der Waals surface area contributed by atoms with Crippen LogP contribution in [0.1, 0.15) is 38.2 Å². The maximum absolute atomic E-state index is 14.0. The summed E-state index contributed by atoms with van der Waals surface area (Å²) >= 11 is 1.53. The van der Waals surface area contributed by atoms with E-state index in [2.05, 4.69) is 23.0 Å². The van der Waals surface area contributed by atoms with Gasteiger partial charge < -0.3 is 10.2 Å². The molecule has 4 nitrogen and oxygen atoms in total. The molecule has 33 heavy (non-hydrogen) atoms. The fourth-order valence-electron chi connectivity index (χ4n) is 3.72. The number of aryl methyl sites for hydroxylation is 1. The highest BCUT2D eigenvalue weighted by molar-refractivity contribution is 7.13. The molecule has 2 aromatic carbocycles. The molecule has 0 unspecified atom stereocenters. The number of phenolic OH excluding ortho intramolecular Hbond substituents is 2. The molecule has 0 saturated carbocycles. The van der Waals surface area contributed by atoms with Crippen LogP contribution in [0.25, 0.3) is 33.2 Å². The normalized spacial score (nSPS) is 11.1. The number of phenols is 2. The molecule has 2 N–H and O–H groups in total. The standard InChI is InChI=1S/C26H24F2N2O2S/c1-2-3-4-5-6-16-11-12-33-25(16)22-15-21(19-13-17(27)7-9-23(19)31)29-26(30-22)20-14-18(28)8-10-24(20)32/h7-15,31-32H,2-6H2,1H3. The number of halogens is 2. The van der Waals surface area contributed by atoms with Gasteiger partial charge in [-0.05, 0) is 72.3 Å². The molecule has 2 heterocycles. The van der Waals surface area contributed by atoms with E-state index in [1.807, 2.05) is 5.38 Å². The Kier molecular flexibility index (Phi) is 6.99. The Morgan fingerprint density at radius 3 is 2.18 bits per heavy atom. The predicted octanol–water partition coefficient (Wildman–Crippen LogP) is 7.35. The summed E-state index contributed by atoms with van der Waals surface area (Å²) in [5, 5.41) is 22.7. The van der Waals surface area contributed by atoms with Gasteiger partial charge in [-0.3, -0.25) is 0 Å². The second kappa shape index (κ2) is 10.1. The maximum Gasteiger partial charge on any atom is 0.164 e. The number of hydrogen-bond donors (Lipinski definition) is 2. The van der Waals surface area contributed by atoms with Crippen molar-refractivity contribution < 1.29 is 19.0 Å². The van der Waals surface area contributed by atoms with Crippen molar-refractivity contribution in [2.45, 2.75) is 39.0 Å². The summed E-state index contributed by atoms with van der Waals surface area (Å²) in [6.45, 7) is 2.17. The molecule has 0 aliphatic rings. The zero-order chi connectivity index (χ0) is 23.4. The van der Waals surface area contributed by atoms with Gasteiger partial charge in [0.05, 0.1) is 21.8 Å². The summed E-state index contributed by atoms with van der Waals surface area (Å²) < 4.78 is 27.9. The van der Waals surface area contributed by atoms with Gasteiger partial charge >= 0.3 is 0 Å². The van der Waals surface area contributed by atoms with Crippen molar-refractivity contribution in [2.75, 3.05) is 0 Å². The lowest BCUT2D eigenvalue weighted by Gasteiger charge is -2.12. The molecule has 0 atom stereocenters. The minimum atomic E-state index is -0.542. The van der Waals surface area contributed by atoms with E-state index in [1.54, 1.807) is 6.07 Å². The SMILES string of the molecule is CCCCCCc1ccsc1-c1cc(-c2cc(F)ccc2O)nc(-c2cc(F)ccc2O)n1. The minimum absolute atomic E-state index is 0.0912. The van der Waals surface area contributed by atoms with Gasteiger partial charge in [0.25, 0.3) is 0 Å². The maximum atomic E-state index is 14.0. The van der Waals surface area contributed by atoms with Crippen LogP contribution in [0.4, 0.5) is 8.78 Å². The molecule has 0 aliphatic carbocycles. The van der Waals surface area contributed by atoms with Crippen LogP contribution in [-0.4, -0.2) is 20.2 Å². The Morgan fingerprint density at radius 2 is 1.45 bits per heavy atom. The highest BCUT2D eigenvalue weighted by Crippen LogP contribution is 2.37. The first kappa shape index (κ1) is 22.9. The van der Waals surface area contributed by atoms with E-state index < -0.39 is 11.6 Å². The molecule has 2 aromatic heterocycles. The van der Waals surface area contributed by atoms with Gasteiger partial charge in [0, 0.05) is 5.56 Å². The molecular weight excluding hydrogens is 442 g/mol. The summed E-state index contributed by atoms with van der Waals surface area (Å²) in [6, 6.07) is 10.9. The third-order valence-electron chi connectivity index (χ3n) is 5.44. The summed E-state index contributed by atoms with van der Waals surface area (Å²) in [4.78, 5) is 10.0. The van der Waals surface area contributed by atoms with Gasteiger partial charge in [-0.15, -0.1) is 11.3 Å². The molecule has 170 valence electrons. The fourth-order valence-corrected chi connectivity index (χ4v) is 4.64. The van der Waals surface area contributed by atoms with Crippen LogP contribution in [0, 0.1) is 11.6 Å².